The first kappa shape index (κ1) is 20.7. The molecule has 1 saturated heterocycles. The highest BCUT2D eigenvalue weighted by Gasteiger charge is 2.23. The van der Waals surface area contributed by atoms with Gasteiger partial charge in [0.2, 0.25) is 0 Å². The van der Waals surface area contributed by atoms with Crippen LogP contribution in [-0.4, -0.2) is 55.0 Å². The predicted molar refractivity (Wildman–Crippen MR) is 113 cm³/mol. The molecule has 1 atom stereocenters. The lowest BCUT2D eigenvalue weighted by Gasteiger charge is -2.25. The molecular formula is C20H18F2N6O3S. The van der Waals surface area contributed by atoms with Crippen molar-refractivity contribution in [1.82, 2.24) is 24.8 Å². The third-order valence-corrected chi connectivity index (χ3v) is 6.00. The summed E-state index contributed by atoms with van der Waals surface area (Å²) in [7, 11) is 0. The number of anilines is 1. The van der Waals surface area contributed by atoms with Crippen LogP contribution in [-0.2, 0) is 4.74 Å². The minimum atomic E-state index is -2.99. The molecule has 12 heteroatoms. The maximum atomic E-state index is 13.0. The zero-order valence-corrected chi connectivity index (χ0v) is 17.3. The summed E-state index contributed by atoms with van der Waals surface area (Å²) in [5, 5.41) is 25.1. The minimum Gasteiger partial charge on any atom is -0.434 e. The largest absolute Gasteiger partial charge is 0.434 e. The van der Waals surface area contributed by atoms with Gasteiger partial charge < -0.3 is 19.9 Å². The van der Waals surface area contributed by atoms with E-state index in [9.17, 15) is 13.9 Å². The van der Waals surface area contributed by atoms with Crippen LogP contribution in [0.3, 0.4) is 0 Å². The topological polar surface area (TPSA) is 110 Å². The van der Waals surface area contributed by atoms with E-state index in [-0.39, 0.29) is 5.75 Å². The number of alkyl halides is 2. The molecule has 1 fully saturated rings. The van der Waals surface area contributed by atoms with E-state index in [0.29, 0.717) is 46.6 Å². The van der Waals surface area contributed by atoms with Crippen molar-refractivity contribution in [3.8, 4) is 17.0 Å². The van der Waals surface area contributed by atoms with Crippen LogP contribution in [0, 0.1) is 0 Å². The van der Waals surface area contributed by atoms with Crippen molar-refractivity contribution >= 4 is 23.1 Å². The zero-order valence-electron chi connectivity index (χ0n) is 16.5. The predicted octanol–water partition coefficient (Wildman–Crippen LogP) is 3.31. The van der Waals surface area contributed by atoms with Crippen LogP contribution in [0.1, 0.15) is 11.8 Å². The molecule has 1 aliphatic rings. The van der Waals surface area contributed by atoms with Gasteiger partial charge in [-0.05, 0) is 24.3 Å². The lowest BCUT2D eigenvalue weighted by atomic mass is 10.1. The number of aromatic amines is 1. The minimum absolute atomic E-state index is 0.0171. The third-order valence-electron chi connectivity index (χ3n) is 4.87. The van der Waals surface area contributed by atoms with Crippen LogP contribution in [0.15, 0.2) is 53.9 Å². The van der Waals surface area contributed by atoms with Crippen LogP contribution in [0.2, 0.25) is 0 Å². The molecule has 0 radical (unpaired) electrons. The van der Waals surface area contributed by atoms with E-state index in [0.717, 1.165) is 4.90 Å². The first-order valence-corrected chi connectivity index (χ1v) is 10.6. The van der Waals surface area contributed by atoms with E-state index < -0.39 is 12.8 Å². The number of thioether (sulfide) groups is 1. The van der Waals surface area contributed by atoms with Crippen LogP contribution in [0.4, 0.5) is 14.5 Å². The molecule has 1 unspecified atom stereocenters. The van der Waals surface area contributed by atoms with E-state index in [4.69, 9.17) is 9.47 Å². The van der Waals surface area contributed by atoms with Gasteiger partial charge in [0.1, 0.15) is 11.4 Å². The Morgan fingerprint density at radius 2 is 2.22 bits per heavy atom. The summed E-state index contributed by atoms with van der Waals surface area (Å²) < 4.78 is 37.5. The molecule has 1 aromatic carbocycles. The first-order chi connectivity index (χ1) is 15.6. The highest BCUT2D eigenvalue weighted by Crippen LogP contribution is 2.39. The molecule has 3 N–H and O–H groups in total. The summed E-state index contributed by atoms with van der Waals surface area (Å²) in [6, 6.07) is 6.69. The molecule has 4 aromatic rings. The standard InChI is InChI=1S/C20H18F2N6O3S/c21-20(22)31-16-3-2-11(32-12-9-30-10-12)6-13(16)17-15(8-24-27-17)26-19(29)14-7-25-28-5-1-4-23-18(14)28/h1-8,12,19-20,26,29H,9-10H2,(H,24,27). The number of hydrogen-bond donors (Lipinski definition) is 3. The van der Waals surface area contributed by atoms with Gasteiger partial charge in [0, 0.05) is 29.0 Å². The van der Waals surface area contributed by atoms with E-state index >= 15 is 0 Å². The molecule has 166 valence electrons. The number of benzene rings is 1. The number of fused-ring (bicyclic) bond motifs is 1. The smallest absolute Gasteiger partial charge is 0.387 e. The van der Waals surface area contributed by atoms with Gasteiger partial charge in [0.25, 0.3) is 0 Å². The number of hydrogen-bond acceptors (Lipinski definition) is 8. The Bertz CT molecular complexity index is 1230. The second-order valence-electron chi connectivity index (χ2n) is 7.00. The number of aromatic nitrogens is 5. The molecule has 4 heterocycles. The number of aliphatic hydroxyl groups excluding tert-OH is 1. The average molecular weight is 460 g/mol. The molecule has 0 amide bonds. The molecule has 5 rings (SSSR count). The quantitative estimate of drug-likeness (QED) is 0.344. The van der Waals surface area contributed by atoms with Gasteiger partial charge in [-0.3, -0.25) is 5.10 Å². The summed E-state index contributed by atoms with van der Waals surface area (Å²) in [6.45, 7) is -1.70. The number of nitrogens with one attached hydrogen (secondary N) is 2. The fourth-order valence-electron chi connectivity index (χ4n) is 3.31. The van der Waals surface area contributed by atoms with Crippen molar-refractivity contribution in [2.75, 3.05) is 18.5 Å². The van der Waals surface area contributed by atoms with Gasteiger partial charge in [0.15, 0.2) is 11.9 Å². The van der Waals surface area contributed by atoms with Crippen LogP contribution in [0.25, 0.3) is 16.9 Å². The fourth-order valence-corrected chi connectivity index (χ4v) is 4.36. The molecule has 0 aliphatic carbocycles. The summed E-state index contributed by atoms with van der Waals surface area (Å²) in [5.41, 5.74) is 2.04. The Hall–Kier alpha value is -3.22. The molecule has 0 spiro atoms. The van der Waals surface area contributed by atoms with Crippen LogP contribution < -0.4 is 10.1 Å². The van der Waals surface area contributed by atoms with Crippen molar-refractivity contribution < 1.29 is 23.4 Å². The van der Waals surface area contributed by atoms with Crippen molar-refractivity contribution in [2.24, 2.45) is 0 Å². The summed E-state index contributed by atoms with van der Waals surface area (Å²) in [6.07, 6.45) is 5.18. The lowest BCUT2D eigenvalue weighted by molar-refractivity contribution is -0.0494. The van der Waals surface area contributed by atoms with Crippen LogP contribution in [0.5, 0.6) is 5.75 Å². The van der Waals surface area contributed by atoms with Crippen molar-refractivity contribution in [1.29, 1.82) is 0 Å². The number of H-pyrrole nitrogens is 1. The first-order valence-electron chi connectivity index (χ1n) is 9.69. The molecular weight excluding hydrogens is 442 g/mol. The van der Waals surface area contributed by atoms with Crippen LogP contribution >= 0.6 is 11.8 Å². The summed E-state index contributed by atoms with van der Waals surface area (Å²) in [4.78, 5) is 5.10. The van der Waals surface area contributed by atoms with Gasteiger partial charge in [0.05, 0.1) is 35.9 Å². The van der Waals surface area contributed by atoms with E-state index in [1.807, 2.05) is 0 Å². The number of nitrogens with zero attached hydrogens (tertiary/aromatic N) is 4. The third kappa shape index (κ3) is 4.11. The van der Waals surface area contributed by atoms with Gasteiger partial charge in [-0.15, -0.1) is 11.8 Å². The fraction of sp³-hybridized carbons (Fsp3) is 0.250. The molecule has 32 heavy (non-hydrogen) atoms. The molecule has 3 aromatic heterocycles. The number of halogens is 2. The lowest BCUT2D eigenvalue weighted by Crippen LogP contribution is -2.29. The second kappa shape index (κ2) is 8.73. The summed E-state index contributed by atoms with van der Waals surface area (Å²) in [5.74, 6) is -0.0171. The molecule has 0 bridgehead atoms. The zero-order chi connectivity index (χ0) is 22.1. The highest BCUT2D eigenvalue weighted by atomic mass is 32.2. The summed E-state index contributed by atoms with van der Waals surface area (Å²) >= 11 is 1.59. The van der Waals surface area contributed by atoms with E-state index in [1.165, 1.54) is 23.0 Å². The van der Waals surface area contributed by atoms with Crippen molar-refractivity contribution in [2.45, 2.75) is 23.0 Å². The maximum Gasteiger partial charge on any atom is 0.387 e. The Balaban J connectivity index is 1.46. The number of aliphatic hydroxyl groups is 1. The van der Waals surface area contributed by atoms with E-state index in [1.54, 1.807) is 42.4 Å². The molecule has 1 aliphatic heterocycles. The Labute approximate surface area is 184 Å². The highest BCUT2D eigenvalue weighted by molar-refractivity contribution is 8.00. The normalized spacial score (nSPS) is 15.1. The average Bonchev–Trinajstić information content (AvgIpc) is 3.38. The SMILES string of the molecule is OC(Nc1c[nH]nc1-c1cc(SC2COC2)ccc1OC(F)F)c1cnn2cccnc12. The number of rotatable bonds is 8. The van der Waals surface area contributed by atoms with Gasteiger partial charge in [-0.25, -0.2) is 9.50 Å². The van der Waals surface area contributed by atoms with Gasteiger partial charge >= 0.3 is 6.61 Å². The monoisotopic (exact) mass is 460 g/mol. The Kier molecular flexibility index (Phi) is 5.64. The van der Waals surface area contributed by atoms with Crippen molar-refractivity contribution in [3.05, 3.63) is 54.6 Å². The maximum absolute atomic E-state index is 13.0. The Morgan fingerprint density at radius 1 is 1.34 bits per heavy atom. The van der Waals surface area contributed by atoms with Gasteiger partial charge in [-0.1, -0.05) is 0 Å². The van der Waals surface area contributed by atoms with E-state index in [2.05, 4.69) is 25.6 Å². The van der Waals surface area contributed by atoms with Gasteiger partial charge in [-0.2, -0.15) is 19.0 Å². The Morgan fingerprint density at radius 3 is 3.00 bits per heavy atom. The number of ether oxygens (including phenoxy) is 2. The van der Waals surface area contributed by atoms with Crippen molar-refractivity contribution in [3.63, 3.8) is 0 Å². The molecule has 0 saturated carbocycles. The molecule has 9 nitrogen and oxygen atoms in total. The second-order valence-corrected chi connectivity index (χ2v) is 8.37.